The fourth-order valence-corrected chi connectivity index (χ4v) is 2.81. The van der Waals surface area contributed by atoms with E-state index in [9.17, 15) is 4.79 Å². The Kier molecular flexibility index (Phi) is 4.24. The van der Waals surface area contributed by atoms with Gasteiger partial charge >= 0.3 is 0 Å². The highest BCUT2D eigenvalue weighted by molar-refractivity contribution is 5.92. The molecule has 2 aliphatic rings. The van der Waals surface area contributed by atoms with Crippen molar-refractivity contribution >= 4 is 5.91 Å². The van der Waals surface area contributed by atoms with E-state index in [1.807, 2.05) is 23.1 Å². The van der Waals surface area contributed by atoms with E-state index in [2.05, 4.69) is 17.4 Å². The van der Waals surface area contributed by atoms with E-state index in [1.165, 1.54) is 0 Å². The molecule has 1 unspecified atom stereocenters. The summed E-state index contributed by atoms with van der Waals surface area (Å²) in [6.07, 6.45) is 1.85. The molecule has 5 heteroatoms. The second kappa shape index (κ2) is 6.13. The summed E-state index contributed by atoms with van der Waals surface area (Å²) in [6, 6.07) is 10.1. The van der Waals surface area contributed by atoms with Crippen molar-refractivity contribution in [3.8, 4) is 0 Å². The molecule has 1 saturated heterocycles. The molecule has 114 valence electrons. The van der Waals surface area contributed by atoms with Crippen molar-refractivity contribution in [2.45, 2.75) is 24.5 Å². The van der Waals surface area contributed by atoms with Gasteiger partial charge in [-0.3, -0.25) is 10.1 Å². The maximum atomic E-state index is 12.6. The van der Waals surface area contributed by atoms with Gasteiger partial charge in [0.1, 0.15) is 11.7 Å². The van der Waals surface area contributed by atoms with E-state index in [-0.39, 0.29) is 17.6 Å². The van der Waals surface area contributed by atoms with Gasteiger partial charge in [-0.05, 0) is 18.4 Å². The molecule has 2 fully saturated rings. The number of hydrogen-bond donors (Lipinski definition) is 1. The second-order valence-electron chi connectivity index (χ2n) is 5.64. The van der Waals surface area contributed by atoms with Crippen LogP contribution in [0, 0.1) is 0 Å². The Morgan fingerprint density at radius 1 is 1.24 bits per heavy atom. The third-order valence-corrected chi connectivity index (χ3v) is 4.17. The summed E-state index contributed by atoms with van der Waals surface area (Å²) < 4.78 is 10.5. The van der Waals surface area contributed by atoms with E-state index in [1.54, 1.807) is 7.11 Å². The minimum atomic E-state index is -0.299. The normalized spacial score (nSPS) is 23.0. The van der Waals surface area contributed by atoms with E-state index < -0.39 is 0 Å². The third-order valence-electron chi connectivity index (χ3n) is 4.17. The lowest BCUT2D eigenvalue weighted by Gasteiger charge is -2.24. The topological polar surface area (TPSA) is 50.8 Å². The van der Waals surface area contributed by atoms with Crippen LogP contribution >= 0.6 is 0 Å². The van der Waals surface area contributed by atoms with Crippen LogP contribution < -0.4 is 5.32 Å². The standard InChI is InChI=1S/C16H22N2O3/c1-20-11-12-21-10-9-18-14(13-5-3-2-4-6-13)17-16(7-8-16)15(18)19/h2-6,14,17H,7-12H2,1H3. The Morgan fingerprint density at radius 3 is 2.67 bits per heavy atom. The number of rotatable bonds is 7. The van der Waals surface area contributed by atoms with Crippen molar-refractivity contribution in [1.82, 2.24) is 10.2 Å². The summed E-state index contributed by atoms with van der Waals surface area (Å²) in [4.78, 5) is 14.5. The second-order valence-corrected chi connectivity index (χ2v) is 5.64. The SMILES string of the molecule is COCCOCCN1C(=O)C2(CC2)NC1c1ccccc1. The van der Waals surface area contributed by atoms with Crippen LogP contribution in [0.25, 0.3) is 0 Å². The highest BCUT2D eigenvalue weighted by Crippen LogP contribution is 2.45. The Labute approximate surface area is 125 Å². The van der Waals surface area contributed by atoms with Crippen molar-refractivity contribution in [2.75, 3.05) is 33.5 Å². The van der Waals surface area contributed by atoms with Crippen LogP contribution in [0.1, 0.15) is 24.6 Å². The number of amides is 1. The predicted molar refractivity (Wildman–Crippen MR) is 78.7 cm³/mol. The molecule has 0 bridgehead atoms. The van der Waals surface area contributed by atoms with Crippen LogP contribution in [-0.2, 0) is 14.3 Å². The van der Waals surface area contributed by atoms with Gasteiger partial charge in [-0.25, -0.2) is 0 Å². The van der Waals surface area contributed by atoms with Crippen molar-refractivity contribution in [3.05, 3.63) is 35.9 Å². The van der Waals surface area contributed by atoms with Crippen molar-refractivity contribution in [3.63, 3.8) is 0 Å². The summed E-state index contributed by atoms with van der Waals surface area (Å²) >= 11 is 0. The van der Waals surface area contributed by atoms with Gasteiger partial charge in [0.05, 0.1) is 19.8 Å². The monoisotopic (exact) mass is 290 g/mol. The molecule has 1 aliphatic heterocycles. The van der Waals surface area contributed by atoms with Gasteiger partial charge in [-0.15, -0.1) is 0 Å². The van der Waals surface area contributed by atoms with Crippen LogP contribution in [0.3, 0.4) is 0 Å². The number of methoxy groups -OCH3 is 1. The summed E-state index contributed by atoms with van der Waals surface area (Å²) in [6.45, 7) is 2.29. The molecular weight excluding hydrogens is 268 g/mol. The van der Waals surface area contributed by atoms with Gasteiger partial charge in [0.2, 0.25) is 5.91 Å². The van der Waals surface area contributed by atoms with E-state index >= 15 is 0 Å². The first-order valence-electron chi connectivity index (χ1n) is 7.47. The molecule has 1 amide bonds. The minimum Gasteiger partial charge on any atom is -0.382 e. The van der Waals surface area contributed by atoms with Crippen LogP contribution in [-0.4, -0.2) is 49.8 Å². The molecule has 0 aromatic heterocycles. The average Bonchev–Trinajstić information content (AvgIpc) is 3.25. The van der Waals surface area contributed by atoms with Crippen LogP contribution in [0.2, 0.25) is 0 Å². The minimum absolute atomic E-state index is 0.0350. The molecule has 1 aliphatic carbocycles. The smallest absolute Gasteiger partial charge is 0.244 e. The Hall–Kier alpha value is -1.43. The maximum Gasteiger partial charge on any atom is 0.244 e. The van der Waals surface area contributed by atoms with Gasteiger partial charge in [-0.1, -0.05) is 30.3 Å². The highest BCUT2D eigenvalue weighted by Gasteiger charge is 2.59. The number of nitrogens with one attached hydrogen (secondary N) is 1. The lowest BCUT2D eigenvalue weighted by atomic mass is 10.1. The number of carbonyl (C=O) groups is 1. The molecule has 21 heavy (non-hydrogen) atoms. The molecule has 0 radical (unpaired) electrons. The van der Waals surface area contributed by atoms with Gasteiger partial charge in [0.15, 0.2) is 0 Å². The summed E-state index contributed by atoms with van der Waals surface area (Å²) in [5.74, 6) is 0.215. The molecule has 1 aromatic carbocycles. The average molecular weight is 290 g/mol. The van der Waals surface area contributed by atoms with Crippen LogP contribution in [0.4, 0.5) is 0 Å². The molecule has 1 aromatic rings. The molecule has 1 spiro atoms. The lowest BCUT2D eigenvalue weighted by molar-refractivity contribution is -0.131. The first kappa shape index (κ1) is 14.5. The van der Waals surface area contributed by atoms with Gasteiger partial charge in [0, 0.05) is 13.7 Å². The number of benzene rings is 1. The quantitative estimate of drug-likeness (QED) is 0.769. The molecule has 1 heterocycles. The molecule has 1 atom stereocenters. The predicted octanol–water partition coefficient (Wildman–Crippen LogP) is 1.31. The van der Waals surface area contributed by atoms with Crippen molar-refractivity contribution in [1.29, 1.82) is 0 Å². The Bertz CT molecular complexity index is 488. The van der Waals surface area contributed by atoms with Gasteiger partial charge in [-0.2, -0.15) is 0 Å². The van der Waals surface area contributed by atoms with Gasteiger partial charge in [0.25, 0.3) is 0 Å². The molecular formula is C16H22N2O3. The number of hydrogen-bond acceptors (Lipinski definition) is 4. The Morgan fingerprint density at radius 2 is 2.00 bits per heavy atom. The number of nitrogens with zero attached hydrogens (tertiary/aromatic N) is 1. The maximum absolute atomic E-state index is 12.6. The van der Waals surface area contributed by atoms with E-state index in [0.717, 1.165) is 18.4 Å². The summed E-state index contributed by atoms with van der Waals surface area (Å²) in [5.41, 5.74) is 0.832. The van der Waals surface area contributed by atoms with Crippen molar-refractivity contribution in [2.24, 2.45) is 0 Å². The number of ether oxygens (including phenoxy) is 2. The summed E-state index contributed by atoms with van der Waals surface area (Å²) in [7, 11) is 1.65. The van der Waals surface area contributed by atoms with E-state index in [4.69, 9.17) is 9.47 Å². The summed E-state index contributed by atoms with van der Waals surface area (Å²) in [5, 5.41) is 3.51. The molecule has 3 rings (SSSR count). The first-order chi connectivity index (χ1) is 10.3. The van der Waals surface area contributed by atoms with Crippen LogP contribution in [0.15, 0.2) is 30.3 Å². The molecule has 5 nitrogen and oxygen atoms in total. The zero-order chi connectivity index (χ0) is 14.7. The first-order valence-corrected chi connectivity index (χ1v) is 7.47. The largest absolute Gasteiger partial charge is 0.382 e. The lowest BCUT2D eigenvalue weighted by Crippen LogP contribution is -2.34. The van der Waals surface area contributed by atoms with Gasteiger partial charge < -0.3 is 14.4 Å². The van der Waals surface area contributed by atoms with Crippen molar-refractivity contribution < 1.29 is 14.3 Å². The highest BCUT2D eigenvalue weighted by atomic mass is 16.5. The van der Waals surface area contributed by atoms with E-state index in [0.29, 0.717) is 26.4 Å². The fourth-order valence-electron chi connectivity index (χ4n) is 2.81. The molecule has 1 saturated carbocycles. The molecule has 1 N–H and O–H groups in total. The van der Waals surface area contributed by atoms with Crippen LogP contribution in [0.5, 0.6) is 0 Å². The number of carbonyl (C=O) groups excluding carboxylic acids is 1. The Balaban J connectivity index is 1.65. The zero-order valence-electron chi connectivity index (χ0n) is 12.4. The third kappa shape index (κ3) is 2.95. The fraction of sp³-hybridized carbons (Fsp3) is 0.562. The zero-order valence-corrected chi connectivity index (χ0v) is 12.4.